The van der Waals surface area contributed by atoms with Gasteiger partial charge in [-0.15, -0.1) is 0 Å². The second-order valence-corrected chi connectivity index (χ2v) is 3.19. The molecule has 0 N–H and O–H groups in total. The number of benzene rings is 1. The van der Waals surface area contributed by atoms with E-state index >= 15 is 0 Å². The lowest BCUT2D eigenvalue weighted by molar-refractivity contribution is 0.137. The van der Waals surface area contributed by atoms with Crippen molar-refractivity contribution in [2.75, 3.05) is 0 Å². The first-order valence-electron chi connectivity index (χ1n) is 4.13. The maximum Gasteiger partial charge on any atom is 0.297 e. The Morgan fingerprint density at radius 3 is 2.67 bits per heavy atom. The number of rotatable bonds is 2. The summed E-state index contributed by atoms with van der Waals surface area (Å²) in [5.41, 5.74) is 0.395. The van der Waals surface area contributed by atoms with Gasteiger partial charge in [-0.25, -0.2) is 18.4 Å². The van der Waals surface area contributed by atoms with Gasteiger partial charge in [0.1, 0.15) is 6.33 Å². The number of hydrogen-bond acceptors (Lipinski definition) is 2. The largest absolute Gasteiger partial charge is 0.297 e. The highest BCUT2D eigenvalue weighted by Crippen LogP contribution is 2.23. The summed E-state index contributed by atoms with van der Waals surface area (Å²) in [7, 11) is 0. The molecule has 2 aromatic rings. The van der Waals surface area contributed by atoms with Gasteiger partial charge < -0.3 is 0 Å². The predicted octanol–water partition coefficient (Wildman–Crippen LogP) is 2.86. The van der Waals surface area contributed by atoms with Gasteiger partial charge in [0.25, 0.3) is 6.43 Å². The average molecular weight is 230 g/mol. The van der Waals surface area contributed by atoms with Gasteiger partial charge >= 0.3 is 0 Å². The summed E-state index contributed by atoms with van der Waals surface area (Å²) in [5, 5.41) is 4.06. The zero-order valence-electron chi connectivity index (χ0n) is 7.44. The molecule has 15 heavy (non-hydrogen) atoms. The fourth-order valence-electron chi connectivity index (χ4n) is 1.21. The maximum absolute atomic E-state index is 12.5. The van der Waals surface area contributed by atoms with Crippen LogP contribution in [-0.2, 0) is 0 Å². The summed E-state index contributed by atoms with van der Waals surface area (Å²) < 4.78 is 26.1. The van der Waals surface area contributed by atoms with Crippen LogP contribution in [0.2, 0.25) is 5.02 Å². The second-order valence-electron chi connectivity index (χ2n) is 2.78. The molecule has 6 heteroatoms. The van der Waals surface area contributed by atoms with Crippen molar-refractivity contribution in [2.24, 2.45) is 0 Å². The molecule has 0 atom stereocenters. The zero-order chi connectivity index (χ0) is 10.8. The van der Waals surface area contributed by atoms with Crippen LogP contribution in [0.4, 0.5) is 8.78 Å². The fraction of sp³-hybridized carbons (Fsp3) is 0.111. The van der Waals surface area contributed by atoms with E-state index in [1.54, 1.807) is 24.3 Å². The average Bonchev–Trinajstić information content (AvgIpc) is 2.67. The highest BCUT2D eigenvalue weighted by Gasteiger charge is 2.17. The standard InChI is InChI=1S/C9H6ClF2N3/c10-6-3-1-2-4-7(6)15-9(8(11)12)13-5-14-15/h1-5,8H. The SMILES string of the molecule is FC(F)c1ncnn1-c1ccccc1Cl. The molecule has 3 nitrogen and oxygen atoms in total. The molecule has 0 saturated carbocycles. The smallest absolute Gasteiger partial charge is 0.214 e. The molecule has 0 fully saturated rings. The topological polar surface area (TPSA) is 30.7 Å². The van der Waals surface area contributed by atoms with Crippen LogP contribution < -0.4 is 0 Å². The third kappa shape index (κ3) is 1.83. The number of alkyl halides is 2. The molecule has 2 rings (SSSR count). The van der Waals surface area contributed by atoms with E-state index in [-0.39, 0.29) is 0 Å². The summed E-state index contributed by atoms with van der Waals surface area (Å²) in [6.45, 7) is 0. The lowest BCUT2D eigenvalue weighted by Crippen LogP contribution is -2.03. The minimum atomic E-state index is -2.68. The van der Waals surface area contributed by atoms with Gasteiger partial charge in [0.15, 0.2) is 5.82 Å². The molecule has 0 unspecified atom stereocenters. The molecule has 0 saturated heterocycles. The Morgan fingerprint density at radius 2 is 2.00 bits per heavy atom. The molecule has 0 bridgehead atoms. The van der Waals surface area contributed by atoms with E-state index in [1.165, 1.54) is 0 Å². The molecule has 0 amide bonds. The Kier molecular flexibility index (Phi) is 2.64. The molecule has 1 aromatic carbocycles. The Labute approximate surface area is 89.3 Å². The Hall–Kier alpha value is -1.49. The number of nitrogens with zero attached hydrogens (tertiary/aromatic N) is 3. The monoisotopic (exact) mass is 229 g/mol. The van der Waals surface area contributed by atoms with Crippen LogP contribution in [0.3, 0.4) is 0 Å². The van der Waals surface area contributed by atoms with Crippen LogP contribution in [0.5, 0.6) is 0 Å². The first-order valence-corrected chi connectivity index (χ1v) is 4.51. The predicted molar refractivity (Wildman–Crippen MR) is 51.3 cm³/mol. The number of hydrogen-bond donors (Lipinski definition) is 0. The second kappa shape index (κ2) is 3.94. The molecule has 0 spiro atoms. The van der Waals surface area contributed by atoms with Gasteiger partial charge in [0, 0.05) is 0 Å². The van der Waals surface area contributed by atoms with Crippen molar-refractivity contribution in [2.45, 2.75) is 6.43 Å². The Bertz CT molecular complexity index is 470. The minimum Gasteiger partial charge on any atom is -0.214 e. The number of aromatic nitrogens is 3. The minimum absolute atomic E-state index is 0.352. The van der Waals surface area contributed by atoms with Crippen molar-refractivity contribution in [3.8, 4) is 5.69 Å². The van der Waals surface area contributed by atoms with Crippen molar-refractivity contribution < 1.29 is 8.78 Å². The number of para-hydroxylation sites is 1. The highest BCUT2D eigenvalue weighted by molar-refractivity contribution is 6.32. The molecule has 0 aliphatic heterocycles. The van der Waals surface area contributed by atoms with Crippen molar-refractivity contribution in [1.29, 1.82) is 0 Å². The van der Waals surface area contributed by atoms with Gasteiger partial charge in [-0.05, 0) is 12.1 Å². The van der Waals surface area contributed by atoms with Crippen LogP contribution in [0.1, 0.15) is 12.2 Å². The van der Waals surface area contributed by atoms with Crippen LogP contribution in [0, 0.1) is 0 Å². The summed E-state index contributed by atoms with van der Waals surface area (Å²) >= 11 is 5.86. The van der Waals surface area contributed by atoms with Crippen molar-refractivity contribution in [1.82, 2.24) is 14.8 Å². The van der Waals surface area contributed by atoms with Gasteiger partial charge in [-0.3, -0.25) is 0 Å². The molecule has 0 aliphatic rings. The van der Waals surface area contributed by atoms with Gasteiger partial charge in [-0.2, -0.15) is 5.10 Å². The molecular formula is C9H6ClF2N3. The van der Waals surface area contributed by atoms with Crippen LogP contribution in [0.15, 0.2) is 30.6 Å². The summed E-state index contributed by atoms with van der Waals surface area (Å²) in [4.78, 5) is 3.48. The molecule has 0 radical (unpaired) electrons. The quantitative estimate of drug-likeness (QED) is 0.793. The zero-order valence-corrected chi connectivity index (χ0v) is 8.20. The first kappa shape index (κ1) is 10.0. The third-order valence-corrected chi connectivity index (χ3v) is 2.17. The van der Waals surface area contributed by atoms with Gasteiger partial charge in [0.2, 0.25) is 0 Å². The number of halogens is 3. The van der Waals surface area contributed by atoms with E-state index in [0.717, 1.165) is 11.0 Å². The van der Waals surface area contributed by atoms with E-state index in [2.05, 4.69) is 10.1 Å². The van der Waals surface area contributed by atoms with Crippen LogP contribution >= 0.6 is 11.6 Å². The van der Waals surface area contributed by atoms with Gasteiger partial charge in [0.05, 0.1) is 10.7 Å². The normalized spacial score (nSPS) is 10.9. The summed E-state index contributed by atoms with van der Waals surface area (Å²) in [6, 6.07) is 6.61. The van der Waals surface area contributed by atoms with E-state index in [9.17, 15) is 8.78 Å². The van der Waals surface area contributed by atoms with Crippen LogP contribution in [0.25, 0.3) is 5.69 Å². The van der Waals surface area contributed by atoms with E-state index in [1.807, 2.05) is 0 Å². The summed E-state index contributed by atoms with van der Waals surface area (Å²) in [6.07, 6.45) is -1.60. The fourth-order valence-corrected chi connectivity index (χ4v) is 1.42. The molecule has 78 valence electrons. The van der Waals surface area contributed by atoms with Crippen molar-refractivity contribution >= 4 is 11.6 Å². The third-order valence-electron chi connectivity index (χ3n) is 1.85. The first-order chi connectivity index (χ1) is 7.20. The van der Waals surface area contributed by atoms with E-state index in [0.29, 0.717) is 10.7 Å². The molecule has 0 aliphatic carbocycles. The van der Waals surface area contributed by atoms with Crippen molar-refractivity contribution in [3.63, 3.8) is 0 Å². The molecule has 1 heterocycles. The highest BCUT2D eigenvalue weighted by atomic mass is 35.5. The Morgan fingerprint density at radius 1 is 1.27 bits per heavy atom. The van der Waals surface area contributed by atoms with Crippen LogP contribution in [-0.4, -0.2) is 14.8 Å². The molecule has 1 aromatic heterocycles. The van der Waals surface area contributed by atoms with E-state index in [4.69, 9.17) is 11.6 Å². The maximum atomic E-state index is 12.5. The lowest BCUT2D eigenvalue weighted by Gasteiger charge is -2.06. The summed E-state index contributed by atoms with van der Waals surface area (Å²) in [5.74, 6) is -0.414. The van der Waals surface area contributed by atoms with E-state index < -0.39 is 12.2 Å². The van der Waals surface area contributed by atoms with Gasteiger partial charge in [-0.1, -0.05) is 23.7 Å². The Balaban J connectivity index is 2.55. The van der Waals surface area contributed by atoms with Crippen molar-refractivity contribution in [3.05, 3.63) is 41.4 Å². The lowest BCUT2D eigenvalue weighted by atomic mass is 10.3. The molecular weight excluding hydrogens is 224 g/mol.